The summed E-state index contributed by atoms with van der Waals surface area (Å²) in [5.74, 6) is -0.987. The topological polar surface area (TPSA) is 40.5 Å². The van der Waals surface area contributed by atoms with E-state index in [1.807, 2.05) is 30.3 Å². The standard InChI is InChI=1S/C14H20FNO2/c1-14(2,15)9-12(13(17)18)16(3)10-11-7-5-4-6-8-11/h4-8,12H,9-10H2,1-3H3,(H,17,18). The Morgan fingerprint density at radius 3 is 2.39 bits per heavy atom. The number of halogens is 1. The Bertz CT molecular complexity index is 387. The number of benzene rings is 1. The van der Waals surface area contributed by atoms with Crippen molar-refractivity contribution < 1.29 is 14.3 Å². The molecular weight excluding hydrogens is 233 g/mol. The highest BCUT2D eigenvalue weighted by Gasteiger charge is 2.30. The molecule has 0 fully saturated rings. The zero-order valence-corrected chi connectivity index (χ0v) is 11.1. The van der Waals surface area contributed by atoms with Gasteiger partial charge in [-0.25, -0.2) is 4.39 Å². The van der Waals surface area contributed by atoms with E-state index in [9.17, 15) is 14.3 Å². The fourth-order valence-corrected chi connectivity index (χ4v) is 1.87. The van der Waals surface area contributed by atoms with Crippen LogP contribution in [0.2, 0.25) is 0 Å². The molecule has 1 atom stereocenters. The zero-order valence-electron chi connectivity index (χ0n) is 11.1. The van der Waals surface area contributed by atoms with E-state index in [2.05, 4.69) is 0 Å². The fraction of sp³-hybridized carbons (Fsp3) is 0.500. The van der Waals surface area contributed by atoms with Crippen LogP contribution >= 0.6 is 0 Å². The minimum atomic E-state index is -1.49. The summed E-state index contributed by atoms with van der Waals surface area (Å²) in [6.45, 7) is 3.30. The third kappa shape index (κ3) is 4.84. The number of carbonyl (C=O) groups is 1. The van der Waals surface area contributed by atoms with Crippen LogP contribution in [-0.4, -0.2) is 34.7 Å². The first kappa shape index (κ1) is 14.6. The predicted molar refractivity (Wildman–Crippen MR) is 69.1 cm³/mol. The molecule has 1 unspecified atom stereocenters. The van der Waals surface area contributed by atoms with Gasteiger partial charge in [0.1, 0.15) is 11.7 Å². The first-order chi connectivity index (χ1) is 8.29. The molecule has 4 heteroatoms. The highest BCUT2D eigenvalue weighted by molar-refractivity contribution is 5.73. The molecule has 0 aliphatic rings. The van der Waals surface area contributed by atoms with Crippen molar-refractivity contribution in [1.82, 2.24) is 4.90 Å². The van der Waals surface area contributed by atoms with Crippen molar-refractivity contribution in [3.8, 4) is 0 Å². The van der Waals surface area contributed by atoms with E-state index in [4.69, 9.17) is 0 Å². The lowest BCUT2D eigenvalue weighted by Crippen LogP contribution is -2.41. The summed E-state index contributed by atoms with van der Waals surface area (Å²) in [6, 6.07) is 8.75. The van der Waals surface area contributed by atoms with E-state index in [0.717, 1.165) is 5.56 Å². The number of carboxylic acid groups (broad SMARTS) is 1. The maximum Gasteiger partial charge on any atom is 0.321 e. The molecular formula is C14H20FNO2. The first-order valence-corrected chi connectivity index (χ1v) is 5.95. The van der Waals surface area contributed by atoms with E-state index in [1.54, 1.807) is 11.9 Å². The number of hydrogen-bond acceptors (Lipinski definition) is 2. The average molecular weight is 253 g/mol. The lowest BCUT2D eigenvalue weighted by Gasteiger charge is -2.28. The molecule has 100 valence electrons. The molecule has 1 rings (SSSR count). The summed E-state index contributed by atoms with van der Waals surface area (Å²) in [7, 11) is 1.71. The lowest BCUT2D eigenvalue weighted by molar-refractivity contribution is -0.144. The quantitative estimate of drug-likeness (QED) is 0.847. The third-order valence-corrected chi connectivity index (χ3v) is 2.77. The average Bonchev–Trinajstić information content (AvgIpc) is 2.25. The third-order valence-electron chi connectivity index (χ3n) is 2.77. The molecule has 3 nitrogen and oxygen atoms in total. The molecule has 0 bridgehead atoms. The Morgan fingerprint density at radius 2 is 1.94 bits per heavy atom. The van der Waals surface area contributed by atoms with Gasteiger partial charge in [-0.05, 0) is 26.5 Å². The molecule has 0 amide bonds. The molecule has 1 N–H and O–H groups in total. The number of alkyl halides is 1. The summed E-state index contributed by atoms with van der Waals surface area (Å²) < 4.78 is 13.6. The number of hydrogen-bond donors (Lipinski definition) is 1. The van der Waals surface area contributed by atoms with Crippen LogP contribution in [0.5, 0.6) is 0 Å². The predicted octanol–water partition coefficient (Wildman–Crippen LogP) is 2.71. The Morgan fingerprint density at radius 1 is 1.39 bits per heavy atom. The molecule has 18 heavy (non-hydrogen) atoms. The van der Waals surface area contributed by atoms with Crippen molar-refractivity contribution in [3.05, 3.63) is 35.9 Å². The van der Waals surface area contributed by atoms with Gasteiger partial charge >= 0.3 is 5.97 Å². The monoisotopic (exact) mass is 253 g/mol. The van der Waals surface area contributed by atoms with Crippen molar-refractivity contribution in [2.45, 2.75) is 38.5 Å². The second-order valence-electron chi connectivity index (χ2n) is 5.18. The van der Waals surface area contributed by atoms with Gasteiger partial charge in [0.05, 0.1) is 0 Å². The van der Waals surface area contributed by atoms with E-state index in [1.165, 1.54) is 13.8 Å². The van der Waals surface area contributed by atoms with Gasteiger partial charge in [-0.15, -0.1) is 0 Å². The van der Waals surface area contributed by atoms with Gasteiger partial charge in [-0.3, -0.25) is 9.69 Å². The zero-order chi connectivity index (χ0) is 13.8. The molecule has 0 aliphatic carbocycles. The second kappa shape index (κ2) is 5.96. The fourth-order valence-electron chi connectivity index (χ4n) is 1.87. The van der Waals surface area contributed by atoms with Crippen LogP contribution in [-0.2, 0) is 11.3 Å². The Kier molecular flexibility index (Phi) is 4.84. The number of likely N-dealkylation sites (N-methyl/N-ethyl adjacent to an activating group) is 1. The number of carboxylic acids is 1. The Labute approximate surface area is 107 Å². The van der Waals surface area contributed by atoms with Crippen molar-refractivity contribution >= 4 is 5.97 Å². The molecule has 1 aromatic carbocycles. The van der Waals surface area contributed by atoms with Crippen LogP contribution in [0.3, 0.4) is 0 Å². The lowest BCUT2D eigenvalue weighted by atomic mass is 9.99. The van der Waals surface area contributed by atoms with Gasteiger partial charge in [0.15, 0.2) is 0 Å². The van der Waals surface area contributed by atoms with Crippen LogP contribution in [0.1, 0.15) is 25.8 Å². The molecule has 0 aromatic heterocycles. The van der Waals surface area contributed by atoms with Crippen LogP contribution in [0, 0.1) is 0 Å². The maximum absolute atomic E-state index is 13.6. The molecule has 0 radical (unpaired) electrons. The van der Waals surface area contributed by atoms with Gasteiger partial charge in [-0.2, -0.15) is 0 Å². The van der Waals surface area contributed by atoms with Crippen LogP contribution in [0.25, 0.3) is 0 Å². The van der Waals surface area contributed by atoms with Crippen molar-refractivity contribution in [3.63, 3.8) is 0 Å². The second-order valence-corrected chi connectivity index (χ2v) is 5.18. The SMILES string of the molecule is CN(Cc1ccccc1)C(CC(C)(C)F)C(=O)O. The van der Waals surface area contributed by atoms with Crippen LogP contribution < -0.4 is 0 Å². The van der Waals surface area contributed by atoms with E-state index < -0.39 is 17.7 Å². The van der Waals surface area contributed by atoms with Crippen molar-refractivity contribution in [2.24, 2.45) is 0 Å². The van der Waals surface area contributed by atoms with Gasteiger partial charge < -0.3 is 5.11 Å². The summed E-state index contributed by atoms with van der Waals surface area (Å²) in [5, 5.41) is 9.18. The first-order valence-electron chi connectivity index (χ1n) is 5.95. The minimum Gasteiger partial charge on any atom is -0.480 e. The summed E-state index contributed by atoms with van der Waals surface area (Å²) in [5.41, 5.74) is -0.475. The Balaban J connectivity index is 2.72. The van der Waals surface area contributed by atoms with E-state index >= 15 is 0 Å². The van der Waals surface area contributed by atoms with Crippen LogP contribution in [0.15, 0.2) is 30.3 Å². The van der Waals surface area contributed by atoms with Gasteiger partial charge in [0, 0.05) is 13.0 Å². The molecule has 0 heterocycles. The number of rotatable bonds is 6. The molecule has 0 aliphatic heterocycles. The molecule has 1 aromatic rings. The van der Waals surface area contributed by atoms with Gasteiger partial charge in [0.25, 0.3) is 0 Å². The van der Waals surface area contributed by atoms with Crippen molar-refractivity contribution in [1.29, 1.82) is 0 Å². The number of aliphatic carboxylic acids is 1. The minimum absolute atomic E-state index is 0.0222. The van der Waals surface area contributed by atoms with E-state index in [0.29, 0.717) is 6.54 Å². The summed E-state index contributed by atoms with van der Waals surface area (Å²) >= 11 is 0. The molecule has 0 saturated heterocycles. The summed E-state index contributed by atoms with van der Waals surface area (Å²) in [4.78, 5) is 12.9. The molecule has 0 saturated carbocycles. The number of nitrogens with zero attached hydrogens (tertiary/aromatic N) is 1. The Hall–Kier alpha value is -1.42. The highest BCUT2D eigenvalue weighted by Crippen LogP contribution is 2.20. The van der Waals surface area contributed by atoms with Crippen LogP contribution in [0.4, 0.5) is 4.39 Å². The van der Waals surface area contributed by atoms with Gasteiger partial charge in [0.2, 0.25) is 0 Å². The summed E-state index contributed by atoms with van der Waals surface area (Å²) in [6.07, 6.45) is -0.0222. The normalized spacial score (nSPS) is 13.6. The maximum atomic E-state index is 13.6. The van der Waals surface area contributed by atoms with Gasteiger partial charge in [-0.1, -0.05) is 30.3 Å². The molecule has 0 spiro atoms. The largest absolute Gasteiger partial charge is 0.480 e. The smallest absolute Gasteiger partial charge is 0.321 e. The van der Waals surface area contributed by atoms with E-state index in [-0.39, 0.29) is 6.42 Å². The highest BCUT2D eigenvalue weighted by atomic mass is 19.1. The van der Waals surface area contributed by atoms with Crippen molar-refractivity contribution in [2.75, 3.05) is 7.05 Å².